The summed E-state index contributed by atoms with van der Waals surface area (Å²) in [7, 11) is 0. The molecule has 3 N–H and O–H groups in total. The predicted octanol–water partition coefficient (Wildman–Crippen LogP) is 4.27. The summed E-state index contributed by atoms with van der Waals surface area (Å²) in [5.74, 6) is -2.37. The van der Waals surface area contributed by atoms with Crippen LogP contribution in [0, 0.1) is 0 Å². The van der Waals surface area contributed by atoms with E-state index in [0.717, 1.165) is 11.1 Å². The van der Waals surface area contributed by atoms with Crippen LogP contribution in [0.5, 0.6) is 5.75 Å². The van der Waals surface area contributed by atoms with Gasteiger partial charge >= 0.3 is 5.97 Å². The van der Waals surface area contributed by atoms with Crippen LogP contribution in [0.15, 0.2) is 65.1 Å². The number of carbonyl (C=O) groups is 3. The highest BCUT2D eigenvalue weighted by atomic mass is 32.2. The number of nitrogens with one attached hydrogen (secondary N) is 1. The summed E-state index contributed by atoms with van der Waals surface area (Å²) in [5, 5.41) is 21.2. The number of carbonyl (C=O) groups excluding carboxylic acids is 2. The third-order valence-corrected chi connectivity index (χ3v) is 5.88. The van der Waals surface area contributed by atoms with Crippen LogP contribution in [0.4, 0.5) is 5.69 Å². The van der Waals surface area contributed by atoms with Crippen LogP contribution in [0.1, 0.15) is 29.3 Å². The molecule has 0 aliphatic carbocycles. The Kier molecular flexibility index (Phi) is 7.45. The maximum Gasteiger partial charge on any atom is 0.339 e. The molecule has 1 heterocycles. The number of hydrogen-bond donors (Lipinski definition) is 3. The van der Waals surface area contributed by atoms with Crippen LogP contribution in [-0.2, 0) is 9.59 Å². The van der Waals surface area contributed by atoms with E-state index in [4.69, 9.17) is 17.3 Å². The minimum atomic E-state index is -1.31. The average molecular weight is 469 g/mol. The molecule has 0 aromatic heterocycles. The van der Waals surface area contributed by atoms with Crippen LogP contribution in [-0.4, -0.2) is 43.8 Å². The first-order valence-electron chi connectivity index (χ1n) is 9.59. The molecule has 1 saturated heterocycles. The van der Waals surface area contributed by atoms with E-state index < -0.39 is 17.6 Å². The van der Waals surface area contributed by atoms with Gasteiger partial charge in [0.1, 0.15) is 15.6 Å². The molecule has 3 rings (SSSR count). The molecule has 2 amide bonds. The summed E-state index contributed by atoms with van der Waals surface area (Å²) < 4.78 is 0.374. The summed E-state index contributed by atoms with van der Waals surface area (Å²) in [6.45, 7) is 2.00. The highest BCUT2D eigenvalue weighted by molar-refractivity contribution is 8.26. The SMILES string of the molecule is CC(=C\c1ccccc1)/C=C1/SC(=S)N(CCC(=O)Nc2ccc(O)c(C(=O)O)c2)C1=O. The number of carboxylic acid groups (broad SMARTS) is 1. The van der Waals surface area contributed by atoms with Crippen molar-refractivity contribution >= 4 is 57.8 Å². The zero-order valence-electron chi connectivity index (χ0n) is 17.1. The third kappa shape index (κ3) is 5.83. The van der Waals surface area contributed by atoms with Crippen LogP contribution < -0.4 is 5.32 Å². The number of rotatable bonds is 7. The van der Waals surface area contributed by atoms with E-state index in [9.17, 15) is 19.5 Å². The zero-order valence-corrected chi connectivity index (χ0v) is 18.7. The fourth-order valence-electron chi connectivity index (χ4n) is 2.98. The second-order valence-electron chi connectivity index (χ2n) is 6.97. The van der Waals surface area contributed by atoms with Crippen LogP contribution in [0.2, 0.25) is 0 Å². The smallest absolute Gasteiger partial charge is 0.339 e. The largest absolute Gasteiger partial charge is 0.507 e. The van der Waals surface area contributed by atoms with Crippen LogP contribution >= 0.6 is 24.0 Å². The normalized spacial score (nSPS) is 15.3. The Balaban J connectivity index is 1.61. The van der Waals surface area contributed by atoms with Gasteiger partial charge in [0.05, 0.1) is 4.91 Å². The molecule has 1 aliphatic rings. The van der Waals surface area contributed by atoms with Crippen molar-refractivity contribution in [1.29, 1.82) is 0 Å². The first-order valence-corrected chi connectivity index (χ1v) is 10.8. The van der Waals surface area contributed by atoms with Crippen LogP contribution in [0.3, 0.4) is 0 Å². The molecule has 164 valence electrons. The number of aromatic hydroxyl groups is 1. The molecule has 1 fully saturated rings. The van der Waals surface area contributed by atoms with Crippen molar-refractivity contribution < 1.29 is 24.6 Å². The quantitative estimate of drug-likeness (QED) is 0.317. The number of thioether (sulfide) groups is 1. The van der Waals surface area contributed by atoms with Gasteiger partial charge < -0.3 is 15.5 Å². The fourth-order valence-corrected chi connectivity index (χ4v) is 4.33. The van der Waals surface area contributed by atoms with Gasteiger partial charge in [-0.15, -0.1) is 0 Å². The molecule has 2 aromatic carbocycles. The molecule has 2 aromatic rings. The number of phenols is 1. The number of anilines is 1. The number of aromatic carboxylic acids is 1. The van der Waals surface area contributed by atoms with Gasteiger partial charge in [0.25, 0.3) is 5.91 Å². The lowest BCUT2D eigenvalue weighted by Gasteiger charge is -2.14. The number of nitrogens with zero attached hydrogens (tertiary/aromatic N) is 1. The lowest BCUT2D eigenvalue weighted by molar-refractivity contribution is -0.122. The summed E-state index contributed by atoms with van der Waals surface area (Å²) >= 11 is 6.49. The van der Waals surface area contributed by atoms with Crippen molar-refractivity contribution in [3.8, 4) is 5.75 Å². The Bertz CT molecular complexity index is 1140. The predicted molar refractivity (Wildman–Crippen MR) is 128 cm³/mol. The van der Waals surface area contributed by atoms with Crippen molar-refractivity contribution in [3.63, 3.8) is 0 Å². The molecule has 0 unspecified atom stereocenters. The number of carboxylic acids is 1. The minimum absolute atomic E-state index is 0.0260. The van der Waals surface area contributed by atoms with Crippen LogP contribution in [0.25, 0.3) is 6.08 Å². The highest BCUT2D eigenvalue weighted by Gasteiger charge is 2.32. The summed E-state index contributed by atoms with van der Waals surface area (Å²) in [5.41, 5.74) is 1.84. The van der Waals surface area contributed by atoms with Crippen molar-refractivity contribution in [2.75, 3.05) is 11.9 Å². The zero-order chi connectivity index (χ0) is 23.3. The molecule has 32 heavy (non-hydrogen) atoms. The molecule has 9 heteroatoms. The van der Waals surface area contributed by atoms with E-state index in [0.29, 0.717) is 9.23 Å². The fraction of sp³-hybridized carbons (Fsp3) is 0.130. The molecule has 0 bridgehead atoms. The number of hydrogen-bond acceptors (Lipinski definition) is 6. The molecule has 7 nitrogen and oxygen atoms in total. The van der Waals surface area contributed by atoms with Gasteiger partial charge in [-0.25, -0.2) is 4.79 Å². The van der Waals surface area contributed by atoms with Gasteiger partial charge in [0.15, 0.2) is 0 Å². The molecule has 0 saturated carbocycles. The number of amides is 2. The number of thiocarbonyl (C=S) groups is 1. The Labute approximate surface area is 194 Å². The van der Waals surface area contributed by atoms with E-state index in [1.54, 1.807) is 6.08 Å². The van der Waals surface area contributed by atoms with Gasteiger partial charge in [-0.1, -0.05) is 60.4 Å². The van der Waals surface area contributed by atoms with Gasteiger partial charge in [-0.05, 0) is 42.3 Å². The van der Waals surface area contributed by atoms with Crippen molar-refractivity contribution in [3.05, 3.63) is 76.2 Å². The molecule has 0 spiro atoms. The molecule has 1 aliphatic heterocycles. The van der Waals surface area contributed by atoms with Gasteiger partial charge in [-0.3, -0.25) is 14.5 Å². The molecule has 0 atom stereocenters. The van der Waals surface area contributed by atoms with E-state index in [1.165, 1.54) is 34.9 Å². The van der Waals surface area contributed by atoms with E-state index in [1.807, 2.05) is 43.3 Å². The summed E-state index contributed by atoms with van der Waals surface area (Å²) in [4.78, 5) is 38.0. The molecule has 0 radical (unpaired) electrons. The van der Waals surface area contributed by atoms with Gasteiger partial charge in [0, 0.05) is 18.7 Å². The second kappa shape index (κ2) is 10.3. The lowest BCUT2D eigenvalue weighted by Crippen LogP contribution is -2.31. The molecular weight excluding hydrogens is 448 g/mol. The first kappa shape index (κ1) is 23.2. The standard InChI is InChI=1S/C23H20N2O5S2/c1-14(11-15-5-3-2-4-6-15)12-19-21(28)25(23(31)32-19)10-9-20(27)24-16-7-8-18(26)17(13-16)22(29)30/h2-8,11-13,26H,9-10H2,1H3,(H,24,27)(H,29,30)/b14-11+,19-12+. The van der Waals surface area contributed by atoms with Crippen molar-refractivity contribution in [1.82, 2.24) is 4.90 Å². The Hall–Kier alpha value is -3.43. The maximum atomic E-state index is 12.7. The van der Waals surface area contributed by atoms with Crippen molar-refractivity contribution in [2.45, 2.75) is 13.3 Å². The van der Waals surface area contributed by atoms with Gasteiger partial charge in [-0.2, -0.15) is 0 Å². The second-order valence-corrected chi connectivity index (χ2v) is 8.64. The monoisotopic (exact) mass is 468 g/mol. The Morgan fingerprint density at radius 3 is 2.59 bits per heavy atom. The molecular formula is C23H20N2O5S2. The summed E-state index contributed by atoms with van der Waals surface area (Å²) in [6.07, 6.45) is 3.71. The van der Waals surface area contributed by atoms with Crippen molar-refractivity contribution in [2.24, 2.45) is 0 Å². The topological polar surface area (TPSA) is 107 Å². The minimum Gasteiger partial charge on any atom is -0.507 e. The van der Waals surface area contributed by atoms with E-state index >= 15 is 0 Å². The number of benzene rings is 2. The van der Waals surface area contributed by atoms with Gasteiger partial charge in [0.2, 0.25) is 5.91 Å². The van der Waals surface area contributed by atoms with E-state index in [-0.39, 0.29) is 30.1 Å². The Morgan fingerprint density at radius 1 is 1.19 bits per heavy atom. The maximum absolute atomic E-state index is 12.7. The first-order chi connectivity index (χ1) is 15.2. The average Bonchev–Trinajstić information content (AvgIpc) is 3.00. The lowest BCUT2D eigenvalue weighted by atomic mass is 10.1. The summed E-state index contributed by atoms with van der Waals surface area (Å²) in [6, 6.07) is 13.5. The third-order valence-electron chi connectivity index (χ3n) is 4.50. The number of allylic oxidation sites excluding steroid dienone is 2. The Morgan fingerprint density at radius 2 is 1.91 bits per heavy atom. The van der Waals surface area contributed by atoms with E-state index in [2.05, 4.69) is 5.32 Å². The highest BCUT2D eigenvalue weighted by Crippen LogP contribution is 2.32.